The molecular weight excluding hydrogens is 273 g/mol. The maximum absolute atomic E-state index is 11.8. The molecular formula is C12H9Cl2N3O. The highest BCUT2D eigenvalue weighted by atomic mass is 35.5. The Bertz CT molecular complexity index is 584. The lowest BCUT2D eigenvalue weighted by atomic mass is 10.2. The predicted molar refractivity (Wildman–Crippen MR) is 73.1 cm³/mol. The van der Waals surface area contributed by atoms with Crippen LogP contribution in [-0.2, 0) is 0 Å². The van der Waals surface area contributed by atoms with Gasteiger partial charge in [-0.2, -0.15) is 0 Å². The minimum Gasteiger partial charge on any atom is -0.398 e. The number of nitrogens with one attached hydrogen (secondary N) is 1. The first-order valence-electron chi connectivity index (χ1n) is 5.04. The molecule has 0 saturated carbocycles. The summed E-state index contributed by atoms with van der Waals surface area (Å²) in [5.74, 6) is -0.340. The molecule has 0 aliphatic rings. The fourth-order valence-electron chi connectivity index (χ4n) is 1.31. The van der Waals surface area contributed by atoms with Crippen LogP contribution in [0.4, 0.5) is 11.4 Å². The van der Waals surface area contributed by atoms with Crippen LogP contribution >= 0.6 is 23.2 Å². The zero-order valence-corrected chi connectivity index (χ0v) is 10.7. The number of carbonyl (C=O) groups excluding carboxylic acids is 1. The third-order valence-electron chi connectivity index (χ3n) is 2.22. The number of rotatable bonds is 2. The minimum absolute atomic E-state index is 0.271. The van der Waals surface area contributed by atoms with E-state index in [-0.39, 0.29) is 11.6 Å². The molecule has 0 saturated heterocycles. The lowest BCUT2D eigenvalue weighted by Crippen LogP contribution is -2.13. The highest BCUT2D eigenvalue weighted by Gasteiger charge is 2.08. The lowest BCUT2D eigenvalue weighted by molar-refractivity contribution is 0.102. The van der Waals surface area contributed by atoms with Gasteiger partial charge in [-0.3, -0.25) is 4.79 Å². The fraction of sp³-hybridized carbons (Fsp3) is 0. The summed E-state index contributed by atoms with van der Waals surface area (Å²) in [6.07, 6.45) is 1.41. The largest absolute Gasteiger partial charge is 0.398 e. The number of benzene rings is 1. The van der Waals surface area contributed by atoms with Crippen LogP contribution in [0.2, 0.25) is 10.0 Å². The fourth-order valence-corrected chi connectivity index (χ4v) is 1.60. The van der Waals surface area contributed by atoms with Crippen molar-refractivity contribution in [3.63, 3.8) is 0 Å². The van der Waals surface area contributed by atoms with Crippen molar-refractivity contribution < 1.29 is 4.79 Å². The van der Waals surface area contributed by atoms with Crippen LogP contribution in [0.1, 0.15) is 10.5 Å². The summed E-state index contributed by atoms with van der Waals surface area (Å²) in [6, 6.07) is 7.99. The van der Waals surface area contributed by atoms with Gasteiger partial charge in [0.05, 0.1) is 15.7 Å². The van der Waals surface area contributed by atoms with Crippen molar-refractivity contribution >= 4 is 40.5 Å². The molecule has 4 nitrogen and oxygen atoms in total. The SMILES string of the molecule is Nc1ccc(NC(=O)c2ccc(Cl)cn2)cc1Cl. The molecule has 18 heavy (non-hydrogen) atoms. The first kappa shape index (κ1) is 12.7. The van der Waals surface area contributed by atoms with Crippen molar-refractivity contribution in [2.45, 2.75) is 0 Å². The molecule has 92 valence electrons. The van der Waals surface area contributed by atoms with E-state index < -0.39 is 0 Å². The summed E-state index contributed by atoms with van der Waals surface area (Å²) in [5.41, 5.74) is 6.86. The number of amides is 1. The number of pyridine rings is 1. The Morgan fingerprint density at radius 1 is 1.22 bits per heavy atom. The van der Waals surface area contributed by atoms with Gasteiger partial charge >= 0.3 is 0 Å². The van der Waals surface area contributed by atoms with Gasteiger partial charge in [-0.1, -0.05) is 23.2 Å². The number of nitrogens with zero attached hydrogens (tertiary/aromatic N) is 1. The highest BCUT2D eigenvalue weighted by Crippen LogP contribution is 2.22. The third-order valence-corrected chi connectivity index (χ3v) is 2.77. The molecule has 0 radical (unpaired) electrons. The van der Waals surface area contributed by atoms with E-state index in [9.17, 15) is 4.79 Å². The van der Waals surface area contributed by atoms with E-state index in [1.807, 2.05) is 0 Å². The van der Waals surface area contributed by atoms with Crippen molar-refractivity contribution in [3.8, 4) is 0 Å². The summed E-state index contributed by atoms with van der Waals surface area (Å²) in [6.45, 7) is 0. The van der Waals surface area contributed by atoms with Gasteiger partial charge in [0, 0.05) is 11.9 Å². The number of carbonyl (C=O) groups is 1. The molecule has 0 aliphatic heterocycles. The molecule has 0 atom stereocenters. The molecule has 0 bridgehead atoms. The Balaban J connectivity index is 2.16. The van der Waals surface area contributed by atoms with Crippen LogP contribution in [0.5, 0.6) is 0 Å². The zero-order chi connectivity index (χ0) is 13.1. The molecule has 6 heteroatoms. The monoisotopic (exact) mass is 281 g/mol. The van der Waals surface area contributed by atoms with E-state index in [0.717, 1.165) is 0 Å². The molecule has 0 unspecified atom stereocenters. The van der Waals surface area contributed by atoms with Gasteiger partial charge < -0.3 is 11.1 Å². The minimum atomic E-state index is -0.340. The van der Waals surface area contributed by atoms with Crippen LogP contribution in [-0.4, -0.2) is 10.9 Å². The van der Waals surface area contributed by atoms with E-state index in [1.54, 1.807) is 24.3 Å². The maximum Gasteiger partial charge on any atom is 0.274 e. The number of hydrogen-bond acceptors (Lipinski definition) is 3. The van der Waals surface area contributed by atoms with E-state index >= 15 is 0 Å². The maximum atomic E-state index is 11.8. The molecule has 1 amide bonds. The molecule has 3 N–H and O–H groups in total. The molecule has 1 aromatic carbocycles. The molecule has 2 rings (SSSR count). The van der Waals surface area contributed by atoms with Crippen molar-refractivity contribution in [1.82, 2.24) is 4.98 Å². The second-order valence-corrected chi connectivity index (χ2v) is 4.40. The number of hydrogen-bond donors (Lipinski definition) is 2. The molecule has 0 fully saturated rings. The third kappa shape index (κ3) is 2.91. The molecule has 0 spiro atoms. The Labute approximate surface area is 114 Å². The first-order chi connectivity index (χ1) is 8.56. The second kappa shape index (κ2) is 5.25. The highest BCUT2D eigenvalue weighted by molar-refractivity contribution is 6.33. The van der Waals surface area contributed by atoms with Gasteiger partial charge in [0.15, 0.2) is 0 Å². The first-order valence-corrected chi connectivity index (χ1v) is 5.80. The zero-order valence-electron chi connectivity index (χ0n) is 9.15. The van der Waals surface area contributed by atoms with Gasteiger partial charge in [-0.05, 0) is 30.3 Å². The van der Waals surface area contributed by atoms with E-state index in [0.29, 0.717) is 21.4 Å². The summed E-state index contributed by atoms with van der Waals surface area (Å²) < 4.78 is 0. The van der Waals surface area contributed by atoms with Crippen molar-refractivity contribution in [2.24, 2.45) is 0 Å². The average molecular weight is 282 g/mol. The molecule has 2 aromatic rings. The van der Waals surface area contributed by atoms with Gasteiger partial charge in [0.1, 0.15) is 5.69 Å². The smallest absolute Gasteiger partial charge is 0.274 e. The van der Waals surface area contributed by atoms with Crippen molar-refractivity contribution in [1.29, 1.82) is 0 Å². The van der Waals surface area contributed by atoms with Crippen LogP contribution in [0.15, 0.2) is 36.5 Å². The van der Waals surface area contributed by atoms with Crippen LogP contribution in [0, 0.1) is 0 Å². The van der Waals surface area contributed by atoms with E-state index in [4.69, 9.17) is 28.9 Å². The summed E-state index contributed by atoms with van der Waals surface area (Å²) in [5, 5.41) is 3.52. The quantitative estimate of drug-likeness (QED) is 0.831. The lowest BCUT2D eigenvalue weighted by Gasteiger charge is -2.06. The van der Waals surface area contributed by atoms with Crippen LogP contribution in [0.3, 0.4) is 0 Å². The van der Waals surface area contributed by atoms with E-state index in [2.05, 4.69) is 10.3 Å². The van der Waals surface area contributed by atoms with Crippen molar-refractivity contribution in [2.75, 3.05) is 11.1 Å². The normalized spacial score (nSPS) is 10.1. The molecule has 1 aromatic heterocycles. The standard InChI is InChI=1S/C12H9Cl2N3O/c13-7-1-4-11(16-6-7)12(18)17-8-2-3-10(15)9(14)5-8/h1-6H,15H2,(H,17,18). The molecule has 1 heterocycles. The predicted octanol–water partition coefficient (Wildman–Crippen LogP) is 3.22. The Morgan fingerprint density at radius 2 is 2.00 bits per heavy atom. The van der Waals surface area contributed by atoms with E-state index in [1.165, 1.54) is 12.3 Å². The number of nitrogen functional groups attached to an aromatic ring is 1. The van der Waals surface area contributed by atoms with Gasteiger partial charge in [-0.25, -0.2) is 4.98 Å². The van der Waals surface area contributed by atoms with Crippen molar-refractivity contribution in [3.05, 3.63) is 52.3 Å². The second-order valence-electron chi connectivity index (χ2n) is 3.55. The number of anilines is 2. The number of nitrogens with two attached hydrogens (primary N) is 1. The van der Waals surface area contributed by atoms with Gasteiger partial charge in [-0.15, -0.1) is 0 Å². The number of aromatic nitrogens is 1. The Morgan fingerprint density at radius 3 is 2.61 bits per heavy atom. The topological polar surface area (TPSA) is 68.0 Å². The Kier molecular flexibility index (Phi) is 3.69. The average Bonchev–Trinajstić information content (AvgIpc) is 2.34. The van der Waals surface area contributed by atoms with Gasteiger partial charge in [0.2, 0.25) is 0 Å². The Hall–Kier alpha value is -1.78. The summed E-state index contributed by atoms with van der Waals surface area (Å²) >= 11 is 11.5. The molecule has 0 aliphatic carbocycles. The summed E-state index contributed by atoms with van der Waals surface area (Å²) in [7, 11) is 0. The van der Waals surface area contributed by atoms with Crippen LogP contribution in [0.25, 0.3) is 0 Å². The van der Waals surface area contributed by atoms with Crippen LogP contribution < -0.4 is 11.1 Å². The number of halogens is 2. The van der Waals surface area contributed by atoms with Gasteiger partial charge in [0.25, 0.3) is 5.91 Å². The summed E-state index contributed by atoms with van der Waals surface area (Å²) in [4.78, 5) is 15.7.